The van der Waals surface area contributed by atoms with Crippen molar-refractivity contribution < 1.29 is 13.2 Å². The van der Waals surface area contributed by atoms with E-state index in [1.807, 2.05) is 19.1 Å². The molecule has 152 valence electrons. The third-order valence-corrected chi connectivity index (χ3v) is 7.54. The number of sulfonamides is 1. The van der Waals surface area contributed by atoms with E-state index in [0.29, 0.717) is 18.1 Å². The maximum absolute atomic E-state index is 13.0. The largest absolute Gasteiger partial charge is 0.335 e. The molecule has 2 aromatic rings. The van der Waals surface area contributed by atoms with Gasteiger partial charge in [-0.1, -0.05) is 49.2 Å². The molecule has 0 fully saturated rings. The van der Waals surface area contributed by atoms with Gasteiger partial charge in [-0.3, -0.25) is 4.79 Å². The Morgan fingerprint density at radius 3 is 2.14 bits per heavy atom. The van der Waals surface area contributed by atoms with E-state index in [1.54, 1.807) is 37.9 Å². The predicted molar refractivity (Wildman–Crippen MR) is 114 cm³/mol. The second kappa shape index (κ2) is 9.27. The summed E-state index contributed by atoms with van der Waals surface area (Å²) in [6.45, 7) is 6.04. The molecule has 0 spiro atoms. The number of halogens is 2. The molecule has 0 aliphatic rings. The summed E-state index contributed by atoms with van der Waals surface area (Å²) >= 11 is 12.1. The van der Waals surface area contributed by atoms with Crippen LogP contribution in [0.5, 0.6) is 0 Å². The summed E-state index contributed by atoms with van der Waals surface area (Å²) in [6, 6.07) is 11.4. The summed E-state index contributed by atoms with van der Waals surface area (Å²) in [4.78, 5) is 14.5. The molecule has 5 nitrogen and oxygen atoms in total. The molecule has 0 bridgehead atoms. The molecule has 2 rings (SSSR count). The number of hydrogen-bond acceptors (Lipinski definition) is 3. The molecule has 8 heteroatoms. The molecule has 0 aliphatic carbocycles. The fraction of sp³-hybridized carbons (Fsp3) is 0.350. The number of rotatable bonds is 7. The summed E-state index contributed by atoms with van der Waals surface area (Å²) in [5.74, 6) is -0.296. The maximum atomic E-state index is 13.0. The van der Waals surface area contributed by atoms with Crippen LogP contribution in [0.1, 0.15) is 42.7 Å². The van der Waals surface area contributed by atoms with Crippen LogP contribution in [-0.4, -0.2) is 43.7 Å². The zero-order chi connectivity index (χ0) is 21.1. The molecule has 0 radical (unpaired) electrons. The first-order chi connectivity index (χ1) is 13.1. The quantitative estimate of drug-likeness (QED) is 0.614. The second-order valence-corrected chi connectivity index (χ2v) is 9.13. The SMILES string of the molecule is CCN(CC)S(=O)(=O)c1cc(C(=O)N(C)C(C)c2ccc(Cl)cc2)ccc1Cl. The number of carbonyl (C=O) groups is 1. The molecule has 28 heavy (non-hydrogen) atoms. The van der Waals surface area contributed by atoms with Gasteiger partial charge in [0.05, 0.1) is 11.1 Å². The molecule has 0 N–H and O–H groups in total. The fourth-order valence-corrected chi connectivity index (χ4v) is 4.97. The molecule has 0 saturated heterocycles. The van der Waals surface area contributed by atoms with Crippen molar-refractivity contribution in [3.8, 4) is 0 Å². The van der Waals surface area contributed by atoms with Gasteiger partial charge in [-0.05, 0) is 42.8 Å². The van der Waals surface area contributed by atoms with Crippen LogP contribution in [-0.2, 0) is 10.0 Å². The van der Waals surface area contributed by atoms with E-state index in [1.165, 1.54) is 22.5 Å². The Balaban J connectivity index is 2.37. The number of hydrogen-bond donors (Lipinski definition) is 0. The normalized spacial score (nSPS) is 12.8. The molecule has 0 aromatic heterocycles. The monoisotopic (exact) mass is 442 g/mol. The van der Waals surface area contributed by atoms with Gasteiger partial charge in [-0.15, -0.1) is 0 Å². The summed E-state index contributed by atoms with van der Waals surface area (Å²) in [7, 11) is -2.10. The lowest BCUT2D eigenvalue weighted by atomic mass is 10.1. The molecule has 0 saturated carbocycles. The van der Waals surface area contributed by atoms with Crippen molar-refractivity contribution in [3.63, 3.8) is 0 Å². The zero-order valence-corrected chi connectivity index (χ0v) is 18.6. The van der Waals surface area contributed by atoms with Crippen LogP contribution in [0.3, 0.4) is 0 Å². The third-order valence-electron chi connectivity index (χ3n) is 4.76. The van der Waals surface area contributed by atoms with Crippen LogP contribution in [0.4, 0.5) is 0 Å². The van der Waals surface area contributed by atoms with Gasteiger partial charge in [0.1, 0.15) is 4.90 Å². The van der Waals surface area contributed by atoms with Crippen LogP contribution in [0, 0.1) is 0 Å². The highest BCUT2D eigenvalue weighted by Gasteiger charge is 2.27. The van der Waals surface area contributed by atoms with Gasteiger partial charge < -0.3 is 4.90 Å². The molecular weight excluding hydrogens is 419 g/mol. The van der Waals surface area contributed by atoms with E-state index >= 15 is 0 Å². The molecule has 2 aromatic carbocycles. The van der Waals surface area contributed by atoms with Crippen molar-refractivity contribution in [2.24, 2.45) is 0 Å². The molecule has 0 heterocycles. The van der Waals surface area contributed by atoms with Gasteiger partial charge in [0, 0.05) is 30.7 Å². The Bertz CT molecular complexity index is 942. The van der Waals surface area contributed by atoms with Crippen LogP contribution >= 0.6 is 23.2 Å². The molecule has 1 atom stereocenters. The van der Waals surface area contributed by atoms with Gasteiger partial charge in [-0.25, -0.2) is 8.42 Å². The molecule has 0 aliphatic heterocycles. The van der Waals surface area contributed by atoms with Crippen LogP contribution in [0.25, 0.3) is 0 Å². The van der Waals surface area contributed by atoms with Crippen LogP contribution < -0.4 is 0 Å². The van der Waals surface area contributed by atoms with Gasteiger partial charge >= 0.3 is 0 Å². The smallest absolute Gasteiger partial charge is 0.254 e. The van der Waals surface area contributed by atoms with Gasteiger partial charge in [-0.2, -0.15) is 4.31 Å². The van der Waals surface area contributed by atoms with Crippen molar-refractivity contribution in [1.82, 2.24) is 9.21 Å². The highest BCUT2D eigenvalue weighted by molar-refractivity contribution is 7.89. The first-order valence-corrected chi connectivity index (χ1v) is 11.1. The standard InChI is InChI=1S/C20H24Cl2N2O3S/c1-5-24(6-2)28(26,27)19-13-16(9-12-18(19)22)20(25)23(4)14(3)15-7-10-17(21)11-8-15/h7-14H,5-6H2,1-4H3. The first-order valence-electron chi connectivity index (χ1n) is 8.95. The average molecular weight is 443 g/mol. The lowest BCUT2D eigenvalue weighted by Gasteiger charge is -2.26. The summed E-state index contributed by atoms with van der Waals surface area (Å²) in [5, 5.41) is 0.714. The lowest BCUT2D eigenvalue weighted by molar-refractivity contribution is 0.0742. The molecule has 1 unspecified atom stereocenters. The summed E-state index contributed by atoms with van der Waals surface area (Å²) < 4.78 is 27.0. The minimum atomic E-state index is -3.77. The third kappa shape index (κ3) is 4.69. The number of amides is 1. The predicted octanol–water partition coefficient (Wildman–Crippen LogP) is 4.86. The van der Waals surface area contributed by atoms with Crippen molar-refractivity contribution in [2.75, 3.05) is 20.1 Å². The van der Waals surface area contributed by atoms with Crippen molar-refractivity contribution >= 4 is 39.1 Å². The number of nitrogens with zero attached hydrogens (tertiary/aromatic N) is 2. The van der Waals surface area contributed by atoms with Gasteiger partial charge in [0.25, 0.3) is 5.91 Å². The lowest BCUT2D eigenvalue weighted by Crippen LogP contribution is -2.32. The van der Waals surface area contributed by atoms with Gasteiger partial charge in [0.2, 0.25) is 10.0 Å². The minimum absolute atomic E-state index is 0.0590. The minimum Gasteiger partial charge on any atom is -0.335 e. The first kappa shape index (κ1) is 22.7. The van der Waals surface area contributed by atoms with Gasteiger partial charge in [0.15, 0.2) is 0 Å². The van der Waals surface area contributed by atoms with Crippen LogP contribution in [0.15, 0.2) is 47.4 Å². The maximum Gasteiger partial charge on any atom is 0.254 e. The topological polar surface area (TPSA) is 57.7 Å². The summed E-state index contributed by atoms with van der Waals surface area (Å²) in [5.41, 5.74) is 1.18. The van der Waals surface area contributed by atoms with Crippen molar-refractivity contribution in [3.05, 3.63) is 63.6 Å². The Labute approximate surface area is 176 Å². The molecular formula is C20H24Cl2N2O3S. The Hall–Kier alpha value is -1.60. The van der Waals surface area contributed by atoms with Crippen molar-refractivity contribution in [2.45, 2.75) is 31.7 Å². The second-order valence-electron chi connectivity index (χ2n) is 6.38. The van der Waals surface area contributed by atoms with E-state index < -0.39 is 10.0 Å². The van der Waals surface area contributed by atoms with E-state index in [-0.39, 0.29) is 27.4 Å². The Kier molecular flexibility index (Phi) is 7.51. The highest BCUT2D eigenvalue weighted by Crippen LogP contribution is 2.28. The zero-order valence-electron chi connectivity index (χ0n) is 16.3. The Morgan fingerprint density at radius 2 is 1.61 bits per heavy atom. The number of carbonyl (C=O) groups excluding carboxylic acids is 1. The van der Waals surface area contributed by atoms with E-state index in [2.05, 4.69) is 0 Å². The Morgan fingerprint density at radius 1 is 1.04 bits per heavy atom. The molecule has 1 amide bonds. The average Bonchev–Trinajstić information content (AvgIpc) is 2.67. The number of benzene rings is 2. The van der Waals surface area contributed by atoms with E-state index in [4.69, 9.17) is 23.2 Å². The summed E-state index contributed by atoms with van der Waals surface area (Å²) in [6.07, 6.45) is 0. The van der Waals surface area contributed by atoms with Crippen LogP contribution in [0.2, 0.25) is 10.0 Å². The fourth-order valence-electron chi connectivity index (χ4n) is 2.88. The van der Waals surface area contributed by atoms with E-state index in [0.717, 1.165) is 5.56 Å². The van der Waals surface area contributed by atoms with E-state index in [9.17, 15) is 13.2 Å². The van der Waals surface area contributed by atoms with Crippen molar-refractivity contribution in [1.29, 1.82) is 0 Å². The highest BCUT2D eigenvalue weighted by atomic mass is 35.5.